The Labute approximate surface area is 210 Å². The molecule has 33 heavy (non-hydrogen) atoms. The second-order valence-electron chi connectivity index (χ2n) is 14.0. The standard InChI is InChI=1S/C29H49BrO3/c1-25(2)22-11-9-20-19(27(22,5)15-14-23(25)32)13-17-28(6)18(12-16-29(20,28)7)8-10-21(31)24(30)26(3,4)33/h18,21-24,31-33H,8-17H2,1-7H3/t18-,21?,22-,23-,24?,27+,28+,29-/m0/s1. The van der Waals surface area contributed by atoms with Crippen LogP contribution in [-0.2, 0) is 0 Å². The lowest BCUT2D eigenvalue weighted by atomic mass is 9.43. The molecular formula is C29H49BrO3. The van der Waals surface area contributed by atoms with Crippen molar-refractivity contribution < 1.29 is 15.3 Å². The molecule has 0 spiro atoms. The van der Waals surface area contributed by atoms with E-state index in [4.69, 9.17) is 0 Å². The van der Waals surface area contributed by atoms with Crippen LogP contribution in [0.1, 0.15) is 113 Å². The fourth-order valence-corrected chi connectivity index (χ4v) is 9.51. The largest absolute Gasteiger partial charge is 0.393 e. The molecule has 3 N–H and O–H groups in total. The van der Waals surface area contributed by atoms with Gasteiger partial charge in [-0.3, -0.25) is 0 Å². The van der Waals surface area contributed by atoms with Gasteiger partial charge in [-0.1, -0.05) is 61.7 Å². The number of hydrogen-bond acceptors (Lipinski definition) is 3. The van der Waals surface area contributed by atoms with Gasteiger partial charge in [0.25, 0.3) is 0 Å². The van der Waals surface area contributed by atoms with E-state index in [1.807, 2.05) is 0 Å². The van der Waals surface area contributed by atoms with Gasteiger partial charge in [-0.25, -0.2) is 0 Å². The van der Waals surface area contributed by atoms with Crippen LogP contribution in [0.2, 0.25) is 0 Å². The highest BCUT2D eigenvalue weighted by molar-refractivity contribution is 9.09. The van der Waals surface area contributed by atoms with Crippen molar-refractivity contribution in [3.05, 3.63) is 11.1 Å². The normalized spacial score (nSPS) is 44.6. The Bertz CT molecular complexity index is 797. The zero-order valence-corrected chi connectivity index (χ0v) is 23.8. The van der Waals surface area contributed by atoms with E-state index in [9.17, 15) is 15.3 Å². The number of alkyl halides is 1. The molecule has 0 saturated heterocycles. The highest BCUT2D eigenvalue weighted by Gasteiger charge is 2.62. The molecule has 4 rings (SSSR count). The molecule has 0 amide bonds. The molecule has 0 aromatic carbocycles. The van der Waals surface area contributed by atoms with Crippen LogP contribution < -0.4 is 0 Å². The number of hydrogen-bond donors (Lipinski definition) is 3. The summed E-state index contributed by atoms with van der Waals surface area (Å²) in [5.41, 5.74) is 3.40. The molecular weight excluding hydrogens is 476 g/mol. The number of rotatable bonds is 5. The van der Waals surface area contributed by atoms with Crippen LogP contribution in [0.3, 0.4) is 0 Å². The van der Waals surface area contributed by atoms with Gasteiger partial charge in [0.05, 0.1) is 22.6 Å². The summed E-state index contributed by atoms with van der Waals surface area (Å²) < 4.78 is 0. The molecule has 3 nitrogen and oxygen atoms in total. The van der Waals surface area contributed by atoms with E-state index in [0.717, 1.165) is 25.7 Å². The van der Waals surface area contributed by atoms with Gasteiger partial charge < -0.3 is 15.3 Å². The van der Waals surface area contributed by atoms with Crippen LogP contribution in [0, 0.1) is 33.5 Å². The third-order valence-electron chi connectivity index (χ3n) is 11.7. The summed E-state index contributed by atoms with van der Waals surface area (Å²) in [4.78, 5) is -0.300. The van der Waals surface area contributed by atoms with Gasteiger partial charge in [0.15, 0.2) is 0 Å². The second-order valence-corrected chi connectivity index (χ2v) is 15.0. The van der Waals surface area contributed by atoms with E-state index < -0.39 is 11.7 Å². The first-order chi connectivity index (χ1) is 15.1. The van der Waals surface area contributed by atoms with Crippen LogP contribution in [0.15, 0.2) is 11.1 Å². The van der Waals surface area contributed by atoms with E-state index in [2.05, 4.69) is 50.5 Å². The molecule has 0 heterocycles. The van der Waals surface area contributed by atoms with Crippen LogP contribution in [0.4, 0.5) is 0 Å². The third kappa shape index (κ3) is 3.83. The minimum Gasteiger partial charge on any atom is -0.393 e. The van der Waals surface area contributed by atoms with Crippen LogP contribution in [-0.4, -0.2) is 38.0 Å². The lowest BCUT2D eigenvalue weighted by Crippen LogP contribution is -2.54. The van der Waals surface area contributed by atoms with Crippen molar-refractivity contribution in [1.29, 1.82) is 0 Å². The van der Waals surface area contributed by atoms with Crippen LogP contribution in [0.5, 0.6) is 0 Å². The molecule has 2 unspecified atom stereocenters. The Morgan fingerprint density at radius 2 is 1.64 bits per heavy atom. The third-order valence-corrected chi connectivity index (χ3v) is 13.5. The summed E-state index contributed by atoms with van der Waals surface area (Å²) in [6.45, 7) is 15.8. The van der Waals surface area contributed by atoms with E-state index in [1.54, 1.807) is 25.0 Å². The molecule has 0 aromatic heterocycles. The highest BCUT2D eigenvalue weighted by Crippen LogP contribution is 2.72. The molecule has 8 atom stereocenters. The molecule has 4 aliphatic rings. The van der Waals surface area contributed by atoms with Gasteiger partial charge in [-0.2, -0.15) is 0 Å². The molecule has 2 saturated carbocycles. The lowest BCUT2D eigenvalue weighted by molar-refractivity contribution is -0.0958. The van der Waals surface area contributed by atoms with Crippen molar-refractivity contribution in [3.63, 3.8) is 0 Å². The summed E-state index contributed by atoms with van der Waals surface area (Å²) in [7, 11) is 0. The molecule has 4 heteroatoms. The quantitative estimate of drug-likeness (QED) is 0.274. The van der Waals surface area contributed by atoms with Gasteiger partial charge in [0.2, 0.25) is 0 Å². The van der Waals surface area contributed by atoms with Crippen molar-refractivity contribution in [2.45, 2.75) is 135 Å². The van der Waals surface area contributed by atoms with Crippen molar-refractivity contribution in [2.24, 2.45) is 33.5 Å². The highest BCUT2D eigenvalue weighted by atomic mass is 79.9. The zero-order chi connectivity index (χ0) is 24.6. The van der Waals surface area contributed by atoms with Gasteiger partial charge in [-0.15, -0.1) is 0 Å². The molecule has 4 aliphatic carbocycles. The molecule has 2 fully saturated rings. The van der Waals surface area contributed by atoms with Gasteiger partial charge in [0, 0.05) is 0 Å². The topological polar surface area (TPSA) is 60.7 Å². The second kappa shape index (κ2) is 8.32. The molecule has 0 radical (unpaired) electrons. The Hall–Kier alpha value is 0.100. The van der Waals surface area contributed by atoms with Gasteiger partial charge >= 0.3 is 0 Å². The minimum atomic E-state index is -0.923. The zero-order valence-electron chi connectivity index (χ0n) is 22.2. The number of halogens is 1. The Morgan fingerprint density at radius 1 is 0.970 bits per heavy atom. The maximum Gasteiger partial charge on any atom is 0.0741 e. The number of aliphatic hydroxyl groups is 3. The van der Waals surface area contributed by atoms with E-state index in [0.29, 0.717) is 11.8 Å². The predicted octanol–water partition coefficient (Wildman–Crippen LogP) is 6.77. The van der Waals surface area contributed by atoms with Crippen molar-refractivity contribution in [2.75, 3.05) is 0 Å². The molecule has 0 aliphatic heterocycles. The summed E-state index contributed by atoms with van der Waals surface area (Å²) >= 11 is 3.54. The maximum absolute atomic E-state index is 10.8. The average Bonchev–Trinajstić information content (AvgIpc) is 2.99. The SMILES string of the molecule is CC(C)(O)C(Br)C(O)CC[C@H]1CC[C@@]2(C)C3=C(CC[C@]12C)[C@@]1(C)CC[C@H](O)C(C)(C)[C@@H]1CC3. The smallest absolute Gasteiger partial charge is 0.0741 e. The summed E-state index contributed by atoms with van der Waals surface area (Å²) in [5, 5.41) is 31.8. The van der Waals surface area contributed by atoms with Crippen LogP contribution in [0.25, 0.3) is 0 Å². The lowest BCUT2D eigenvalue weighted by Gasteiger charge is -2.62. The number of allylic oxidation sites excluding steroid dienone is 2. The summed E-state index contributed by atoms with van der Waals surface area (Å²) in [5.74, 6) is 1.20. The first-order valence-corrected chi connectivity index (χ1v) is 14.5. The average molecular weight is 526 g/mol. The molecule has 190 valence electrons. The van der Waals surface area contributed by atoms with Crippen LogP contribution >= 0.6 is 15.9 Å². The molecule has 0 bridgehead atoms. The Kier molecular flexibility index (Phi) is 6.60. The first-order valence-electron chi connectivity index (χ1n) is 13.5. The number of aliphatic hydroxyl groups excluding tert-OH is 2. The predicted molar refractivity (Wildman–Crippen MR) is 139 cm³/mol. The molecule has 0 aromatic rings. The van der Waals surface area contributed by atoms with Gasteiger partial charge in [0.1, 0.15) is 0 Å². The first kappa shape index (κ1) is 26.2. The monoisotopic (exact) mass is 524 g/mol. The Balaban J connectivity index is 1.58. The fourth-order valence-electron chi connectivity index (χ4n) is 9.25. The summed E-state index contributed by atoms with van der Waals surface area (Å²) in [6, 6.07) is 0. The Morgan fingerprint density at radius 3 is 2.27 bits per heavy atom. The van der Waals surface area contributed by atoms with Gasteiger partial charge in [-0.05, 0) is 112 Å². The van der Waals surface area contributed by atoms with E-state index >= 15 is 0 Å². The minimum absolute atomic E-state index is 0.00572. The van der Waals surface area contributed by atoms with Crippen molar-refractivity contribution in [1.82, 2.24) is 0 Å². The number of fused-ring (bicyclic) bond motifs is 4. The van der Waals surface area contributed by atoms with Crippen molar-refractivity contribution in [3.8, 4) is 0 Å². The van der Waals surface area contributed by atoms with E-state index in [1.165, 1.54) is 38.5 Å². The fraction of sp³-hybridized carbons (Fsp3) is 0.931. The van der Waals surface area contributed by atoms with Crippen molar-refractivity contribution >= 4 is 15.9 Å². The maximum atomic E-state index is 10.8. The van der Waals surface area contributed by atoms with E-state index in [-0.39, 0.29) is 32.6 Å². The summed E-state index contributed by atoms with van der Waals surface area (Å²) in [6.07, 6.45) is 10.5.